The number of carboxylic acids is 1. The number of carbonyl (C=O) groups is 3. The first-order chi connectivity index (χ1) is 9.50. The number of aliphatic carboxylic acids is 1. The number of anilines is 1. The summed E-state index contributed by atoms with van der Waals surface area (Å²) < 4.78 is 0. The van der Waals surface area contributed by atoms with Gasteiger partial charge in [-0.15, -0.1) is 0 Å². The molecule has 0 aliphatic rings. The Balaban J connectivity index is 2.30. The molecule has 108 valence electrons. The number of amides is 2. The van der Waals surface area contributed by atoms with Gasteiger partial charge in [0.05, 0.1) is 0 Å². The van der Waals surface area contributed by atoms with Crippen molar-refractivity contribution in [1.29, 1.82) is 0 Å². The number of rotatable bonds is 7. The monoisotopic (exact) mass is 278 g/mol. The van der Waals surface area contributed by atoms with E-state index in [0.29, 0.717) is 6.42 Å². The molecule has 0 fully saturated rings. The lowest BCUT2D eigenvalue weighted by Crippen LogP contribution is -2.30. The van der Waals surface area contributed by atoms with Gasteiger partial charge >= 0.3 is 5.97 Å². The fraction of sp³-hybridized carbons (Fsp3) is 0.357. The van der Waals surface area contributed by atoms with Crippen LogP contribution >= 0.6 is 0 Å². The van der Waals surface area contributed by atoms with E-state index in [2.05, 4.69) is 5.32 Å². The largest absolute Gasteiger partial charge is 0.480 e. The van der Waals surface area contributed by atoms with Crippen LogP contribution in [-0.2, 0) is 14.4 Å². The molecule has 0 spiro atoms. The second-order valence-corrected chi connectivity index (χ2v) is 4.31. The van der Waals surface area contributed by atoms with Crippen molar-refractivity contribution in [3.05, 3.63) is 30.3 Å². The van der Waals surface area contributed by atoms with Crippen molar-refractivity contribution >= 4 is 23.5 Å². The molecule has 6 heteroatoms. The number of carbonyl (C=O) groups excluding carboxylic acids is 2. The Morgan fingerprint density at radius 2 is 1.80 bits per heavy atom. The highest BCUT2D eigenvalue weighted by atomic mass is 16.4. The predicted molar refractivity (Wildman–Crippen MR) is 74.3 cm³/mol. The third-order valence-corrected chi connectivity index (χ3v) is 2.75. The Hall–Kier alpha value is -2.37. The van der Waals surface area contributed by atoms with Gasteiger partial charge in [0.2, 0.25) is 11.8 Å². The first-order valence-corrected chi connectivity index (χ1v) is 6.31. The highest BCUT2D eigenvalue weighted by Crippen LogP contribution is 2.13. The standard InChI is InChI=1S/C14H18N2O4/c1-16(11-6-3-2-4-7-11)13(18)9-5-8-12(17)15-10-14(19)20/h2-4,6-7H,5,8-10H2,1H3,(H,15,17)(H,19,20). The lowest BCUT2D eigenvalue weighted by molar-refractivity contribution is -0.138. The SMILES string of the molecule is CN(C(=O)CCCC(=O)NCC(=O)O)c1ccccc1. The Morgan fingerprint density at radius 1 is 1.15 bits per heavy atom. The quantitative estimate of drug-likeness (QED) is 0.779. The molecule has 0 radical (unpaired) electrons. The van der Waals surface area contributed by atoms with Crippen LogP contribution in [0.25, 0.3) is 0 Å². The van der Waals surface area contributed by atoms with Crippen molar-refractivity contribution in [3.8, 4) is 0 Å². The molecule has 1 aromatic carbocycles. The lowest BCUT2D eigenvalue weighted by Gasteiger charge is -2.17. The van der Waals surface area contributed by atoms with E-state index in [0.717, 1.165) is 5.69 Å². The van der Waals surface area contributed by atoms with Gasteiger partial charge in [0.25, 0.3) is 0 Å². The molecule has 0 unspecified atom stereocenters. The number of nitrogens with one attached hydrogen (secondary N) is 1. The van der Waals surface area contributed by atoms with Crippen molar-refractivity contribution in [3.63, 3.8) is 0 Å². The maximum Gasteiger partial charge on any atom is 0.322 e. The number of para-hydroxylation sites is 1. The molecular formula is C14H18N2O4. The van der Waals surface area contributed by atoms with E-state index in [1.165, 1.54) is 4.90 Å². The molecule has 0 aliphatic heterocycles. The van der Waals surface area contributed by atoms with E-state index >= 15 is 0 Å². The summed E-state index contributed by atoms with van der Waals surface area (Å²) in [5.41, 5.74) is 0.799. The Morgan fingerprint density at radius 3 is 2.40 bits per heavy atom. The van der Waals surface area contributed by atoms with Gasteiger partial charge in [-0.2, -0.15) is 0 Å². The highest BCUT2D eigenvalue weighted by molar-refractivity contribution is 5.93. The van der Waals surface area contributed by atoms with Crippen LogP contribution in [0, 0.1) is 0 Å². The summed E-state index contributed by atoms with van der Waals surface area (Å²) in [6, 6.07) is 9.22. The molecule has 20 heavy (non-hydrogen) atoms. The van der Waals surface area contributed by atoms with Crippen LogP contribution in [0.4, 0.5) is 5.69 Å². The predicted octanol–water partition coefficient (Wildman–Crippen LogP) is 1.02. The van der Waals surface area contributed by atoms with Gasteiger partial charge in [0, 0.05) is 25.6 Å². The summed E-state index contributed by atoms with van der Waals surface area (Å²) in [4.78, 5) is 35.0. The maximum absolute atomic E-state index is 11.9. The van der Waals surface area contributed by atoms with E-state index in [1.54, 1.807) is 7.05 Å². The van der Waals surface area contributed by atoms with E-state index in [-0.39, 0.29) is 24.7 Å². The molecule has 0 bridgehead atoms. The number of nitrogens with zero attached hydrogens (tertiary/aromatic N) is 1. The van der Waals surface area contributed by atoms with Crippen molar-refractivity contribution < 1.29 is 19.5 Å². The zero-order chi connectivity index (χ0) is 15.0. The highest BCUT2D eigenvalue weighted by Gasteiger charge is 2.11. The number of carboxylic acid groups (broad SMARTS) is 1. The molecule has 0 heterocycles. The van der Waals surface area contributed by atoms with Crippen molar-refractivity contribution in [2.24, 2.45) is 0 Å². The summed E-state index contributed by atoms with van der Waals surface area (Å²) in [6.07, 6.45) is 0.773. The average molecular weight is 278 g/mol. The van der Waals surface area contributed by atoms with E-state index in [4.69, 9.17) is 5.11 Å². The second kappa shape index (κ2) is 7.93. The van der Waals surface area contributed by atoms with Crippen LogP contribution in [0.5, 0.6) is 0 Å². The fourth-order valence-electron chi connectivity index (χ4n) is 1.63. The third-order valence-electron chi connectivity index (χ3n) is 2.75. The van der Waals surface area contributed by atoms with Crippen LogP contribution in [-0.4, -0.2) is 36.5 Å². The van der Waals surface area contributed by atoms with Crippen molar-refractivity contribution in [1.82, 2.24) is 5.32 Å². The summed E-state index contributed by atoms with van der Waals surface area (Å²) >= 11 is 0. The normalized spacial score (nSPS) is 9.85. The molecule has 2 amide bonds. The molecular weight excluding hydrogens is 260 g/mol. The zero-order valence-corrected chi connectivity index (χ0v) is 11.3. The minimum atomic E-state index is -1.08. The Kier molecular flexibility index (Phi) is 6.22. The molecule has 0 atom stereocenters. The molecule has 1 aromatic rings. The molecule has 0 saturated heterocycles. The van der Waals surface area contributed by atoms with E-state index in [9.17, 15) is 14.4 Å². The molecule has 0 aromatic heterocycles. The average Bonchev–Trinajstić information content (AvgIpc) is 2.45. The zero-order valence-electron chi connectivity index (χ0n) is 11.3. The van der Waals surface area contributed by atoms with Gasteiger partial charge < -0.3 is 15.3 Å². The third kappa shape index (κ3) is 5.51. The number of benzene rings is 1. The minimum Gasteiger partial charge on any atom is -0.480 e. The van der Waals surface area contributed by atoms with Crippen LogP contribution in [0.15, 0.2) is 30.3 Å². The summed E-state index contributed by atoms with van der Waals surface area (Å²) in [7, 11) is 1.68. The molecule has 1 rings (SSSR count). The summed E-state index contributed by atoms with van der Waals surface area (Å²) in [5, 5.41) is 10.7. The fourth-order valence-corrected chi connectivity index (χ4v) is 1.63. The van der Waals surface area contributed by atoms with Gasteiger partial charge in [-0.05, 0) is 18.6 Å². The van der Waals surface area contributed by atoms with Crippen LogP contribution < -0.4 is 10.2 Å². The van der Waals surface area contributed by atoms with Gasteiger partial charge in [-0.1, -0.05) is 18.2 Å². The van der Waals surface area contributed by atoms with Gasteiger partial charge in [-0.25, -0.2) is 0 Å². The Bertz CT molecular complexity index is 473. The number of hydrogen-bond acceptors (Lipinski definition) is 3. The van der Waals surface area contributed by atoms with E-state index in [1.807, 2.05) is 30.3 Å². The van der Waals surface area contributed by atoms with Gasteiger partial charge in [0.1, 0.15) is 6.54 Å². The van der Waals surface area contributed by atoms with Crippen LogP contribution in [0.1, 0.15) is 19.3 Å². The van der Waals surface area contributed by atoms with Gasteiger partial charge in [0.15, 0.2) is 0 Å². The van der Waals surface area contributed by atoms with Crippen LogP contribution in [0.2, 0.25) is 0 Å². The topological polar surface area (TPSA) is 86.7 Å². The first kappa shape index (κ1) is 15.7. The Labute approximate surface area is 117 Å². The molecule has 2 N–H and O–H groups in total. The van der Waals surface area contributed by atoms with Crippen LogP contribution in [0.3, 0.4) is 0 Å². The second-order valence-electron chi connectivity index (χ2n) is 4.31. The summed E-state index contributed by atoms with van der Waals surface area (Å²) in [6.45, 7) is -0.392. The molecule has 0 aliphatic carbocycles. The minimum absolute atomic E-state index is 0.0813. The molecule has 0 saturated carbocycles. The number of hydrogen-bond donors (Lipinski definition) is 2. The van der Waals surface area contributed by atoms with E-state index < -0.39 is 12.5 Å². The van der Waals surface area contributed by atoms with Crippen molar-refractivity contribution in [2.75, 3.05) is 18.5 Å². The molecule has 6 nitrogen and oxygen atoms in total. The first-order valence-electron chi connectivity index (χ1n) is 6.31. The smallest absolute Gasteiger partial charge is 0.322 e. The maximum atomic E-state index is 11.9. The van der Waals surface area contributed by atoms with Gasteiger partial charge in [-0.3, -0.25) is 14.4 Å². The van der Waals surface area contributed by atoms with Crippen molar-refractivity contribution in [2.45, 2.75) is 19.3 Å². The summed E-state index contributed by atoms with van der Waals surface area (Å²) in [5.74, 6) is -1.52. The lowest BCUT2D eigenvalue weighted by atomic mass is 10.2.